The standard InChI is InChI=1S/C25H30N2O2/c1-25(2,3)27(18-21-12-8-5-9-13-21)19-22-14-15-23(29-22)24(28)26-17-16-20-10-6-4-7-11-20/h4-15H,16-19H2,1-3H3,(H,26,28). The van der Waals surface area contributed by atoms with Gasteiger partial charge in [-0.05, 0) is 50.5 Å². The van der Waals surface area contributed by atoms with E-state index in [0.717, 1.165) is 18.7 Å². The van der Waals surface area contributed by atoms with E-state index in [1.54, 1.807) is 6.07 Å². The van der Waals surface area contributed by atoms with Gasteiger partial charge < -0.3 is 9.73 Å². The third-order valence-corrected chi connectivity index (χ3v) is 4.94. The fourth-order valence-electron chi connectivity index (χ4n) is 3.16. The van der Waals surface area contributed by atoms with Crippen molar-refractivity contribution in [1.82, 2.24) is 10.2 Å². The van der Waals surface area contributed by atoms with E-state index >= 15 is 0 Å². The Bertz CT molecular complexity index is 895. The molecule has 2 aromatic carbocycles. The fourth-order valence-corrected chi connectivity index (χ4v) is 3.16. The molecule has 152 valence electrons. The monoisotopic (exact) mass is 390 g/mol. The minimum atomic E-state index is -0.169. The smallest absolute Gasteiger partial charge is 0.287 e. The zero-order valence-corrected chi connectivity index (χ0v) is 17.5. The molecule has 1 amide bonds. The number of carbonyl (C=O) groups excluding carboxylic acids is 1. The number of hydrogen-bond donors (Lipinski definition) is 1. The number of furan rings is 1. The van der Waals surface area contributed by atoms with Crippen molar-refractivity contribution >= 4 is 5.91 Å². The maximum Gasteiger partial charge on any atom is 0.287 e. The maximum absolute atomic E-state index is 12.4. The van der Waals surface area contributed by atoms with Crippen LogP contribution in [-0.4, -0.2) is 22.9 Å². The van der Waals surface area contributed by atoms with Gasteiger partial charge in [0.15, 0.2) is 5.76 Å². The first-order valence-corrected chi connectivity index (χ1v) is 10.1. The molecule has 0 saturated carbocycles. The van der Waals surface area contributed by atoms with Gasteiger partial charge in [0.1, 0.15) is 5.76 Å². The Morgan fingerprint density at radius 3 is 2.10 bits per heavy atom. The molecular formula is C25H30N2O2. The number of benzene rings is 2. The van der Waals surface area contributed by atoms with Crippen molar-refractivity contribution in [2.45, 2.75) is 45.8 Å². The molecule has 0 atom stereocenters. The Morgan fingerprint density at radius 2 is 1.48 bits per heavy atom. The second-order valence-electron chi connectivity index (χ2n) is 8.27. The summed E-state index contributed by atoms with van der Waals surface area (Å²) >= 11 is 0. The highest BCUT2D eigenvalue weighted by molar-refractivity contribution is 5.91. The van der Waals surface area contributed by atoms with Crippen LogP contribution < -0.4 is 5.32 Å². The molecular weight excluding hydrogens is 360 g/mol. The Labute approximate surface area is 173 Å². The van der Waals surface area contributed by atoms with Gasteiger partial charge in [0.2, 0.25) is 0 Å². The molecule has 0 bridgehead atoms. The van der Waals surface area contributed by atoms with Crippen molar-refractivity contribution in [3.05, 3.63) is 95.4 Å². The SMILES string of the molecule is CC(C)(C)N(Cc1ccccc1)Cc1ccc(C(=O)NCCc2ccccc2)o1. The summed E-state index contributed by atoms with van der Waals surface area (Å²) in [5.74, 6) is 0.989. The molecule has 0 saturated heterocycles. The van der Waals surface area contributed by atoms with Crippen LogP contribution in [0.2, 0.25) is 0 Å². The van der Waals surface area contributed by atoms with Crippen LogP contribution >= 0.6 is 0 Å². The van der Waals surface area contributed by atoms with E-state index in [4.69, 9.17) is 4.42 Å². The van der Waals surface area contributed by atoms with Gasteiger partial charge in [-0.1, -0.05) is 60.7 Å². The first kappa shape index (κ1) is 20.9. The number of amides is 1. The van der Waals surface area contributed by atoms with Crippen LogP contribution in [0.3, 0.4) is 0 Å². The predicted octanol–water partition coefficient (Wildman–Crippen LogP) is 5.05. The highest BCUT2D eigenvalue weighted by Crippen LogP contribution is 2.21. The van der Waals surface area contributed by atoms with Crippen molar-refractivity contribution in [3.8, 4) is 0 Å². The summed E-state index contributed by atoms with van der Waals surface area (Å²) in [4.78, 5) is 14.7. The van der Waals surface area contributed by atoms with Crippen molar-refractivity contribution in [3.63, 3.8) is 0 Å². The van der Waals surface area contributed by atoms with Crippen molar-refractivity contribution in [2.75, 3.05) is 6.54 Å². The normalized spacial score (nSPS) is 11.6. The molecule has 1 aromatic heterocycles. The number of nitrogens with zero attached hydrogens (tertiary/aromatic N) is 1. The van der Waals surface area contributed by atoms with Crippen molar-refractivity contribution in [1.29, 1.82) is 0 Å². The van der Waals surface area contributed by atoms with Crippen LogP contribution in [0.15, 0.2) is 77.2 Å². The van der Waals surface area contributed by atoms with Gasteiger partial charge >= 0.3 is 0 Å². The van der Waals surface area contributed by atoms with Crippen LogP contribution in [0.1, 0.15) is 48.2 Å². The molecule has 0 aliphatic rings. The molecule has 0 aliphatic carbocycles. The first-order valence-electron chi connectivity index (χ1n) is 10.1. The van der Waals surface area contributed by atoms with E-state index in [0.29, 0.717) is 18.8 Å². The van der Waals surface area contributed by atoms with E-state index in [2.05, 4.69) is 67.4 Å². The number of carbonyl (C=O) groups is 1. The molecule has 3 aromatic rings. The van der Waals surface area contributed by atoms with Crippen LogP contribution in [-0.2, 0) is 19.5 Å². The van der Waals surface area contributed by atoms with Gasteiger partial charge in [-0.15, -0.1) is 0 Å². The van der Waals surface area contributed by atoms with Crippen LogP contribution in [0, 0.1) is 0 Å². The molecule has 4 heteroatoms. The summed E-state index contributed by atoms with van der Waals surface area (Å²) in [6.07, 6.45) is 0.801. The predicted molar refractivity (Wildman–Crippen MR) is 117 cm³/mol. The Morgan fingerprint density at radius 1 is 0.862 bits per heavy atom. The maximum atomic E-state index is 12.4. The van der Waals surface area contributed by atoms with Gasteiger partial charge in [-0.25, -0.2) is 0 Å². The molecule has 0 radical (unpaired) electrons. The zero-order valence-electron chi connectivity index (χ0n) is 17.5. The Hall–Kier alpha value is -2.85. The lowest BCUT2D eigenvalue weighted by atomic mass is 10.0. The highest BCUT2D eigenvalue weighted by Gasteiger charge is 2.23. The van der Waals surface area contributed by atoms with E-state index < -0.39 is 0 Å². The molecule has 0 aliphatic heterocycles. The van der Waals surface area contributed by atoms with E-state index in [9.17, 15) is 4.79 Å². The van der Waals surface area contributed by atoms with Gasteiger partial charge in [-0.3, -0.25) is 9.69 Å². The summed E-state index contributed by atoms with van der Waals surface area (Å²) < 4.78 is 5.86. The quantitative estimate of drug-likeness (QED) is 0.585. The molecule has 0 fully saturated rings. The number of nitrogens with one attached hydrogen (secondary N) is 1. The fraction of sp³-hybridized carbons (Fsp3) is 0.320. The largest absolute Gasteiger partial charge is 0.455 e. The number of rotatable bonds is 8. The first-order chi connectivity index (χ1) is 13.9. The highest BCUT2D eigenvalue weighted by atomic mass is 16.4. The Kier molecular flexibility index (Phi) is 6.89. The zero-order chi connectivity index (χ0) is 20.7. The third-order valence-electron chi connectivity index (χ3n) is 4.94. The summed E-state index contributed by atoms with van der Waals surface area (Å²) in [7, 11) is 0. The van der Waals surface area contributed by atoms with Crippen molar-refractivity contribution < 1.29 is 9.21 Å². The second-order valence-corrected chi connectivity index (χ2v) is 8.27. The molecule has 0 spiro atoms. The molecule has 3 rings (SSSR count). The lowest BCUT2D eigenvalue weighted by molar-refractivity contribution is 0.0906. The summed E-state index contributed by atoms with van der Waals surface area (Å²) in [6.45, 7) is 8.63. The second kappa shape index (κ2) is 9.57. The van der Waals surface area contributed by atoms with Gasteiger partial charge in [-0.2, -0.15) is 0 Å². The minimum Gasteiger partial charge on any atom is -0.455 e. The molecule has 4 nitrogen and oxygen atoms in total. The van der Waals surface area contributed by atoms with Crippen LogP contribution in [0.5, 0.6) is 0 Å². The molecule has 1 heterocycles. The average Bonchev–Trinajstić information content (AvgIpc) is 3.17. The topological polar surface area (TPSA) is 45.5 Å². The molecule has 29 heavy (non-hydrogen) atoms. The lowest BCUT2D eigenvalue weighted by Gasteiger charge is -2.35. The van der Waals surface area contributed by atoms with Gasteiger partial charge in [0, 0.05) is 18.6 Å². The minimum absolute atomic E-state index is 0.0270. The lowest BCUT2D eigenvalue weighted by Crippen LogP contribution is -2.40. The van der Waals surface area contributed by atoms with E-state index in [-0.39, 0.29) is 11.4 Å². The number of hydrogen-bond acceptors (Lipinski definition) is 3. The van der Waals surface area contributed by atoms with Crippen molar-refractivity contribution in [2.24, 2.45) is 0 Å². The van der Waals surface area contributed by atoms with Crippen LogP contribution in [0.25, 0.3) is 0 Å². The van der Waals surface area contributed by atoms with E-state index in [1.807, 2.05) is 30.3 Å². The summed E-state index contributed by atoms with van der Waals surface area (Å²) in [5, 5.41) is 2.94. The Balaban J connectivity index is 1.57. The van der Waals surface area contributed by atoms with E-state index in [1.165, 1.54) is 11.1 Å². The van der Waals surface area contributed by atoms with Crippen LogP contribution in [0.4, 0.5) is 0 Å². The van der Waals surface area contributed by atoms with Gasteiger partial charge in [0.25, 0.3) is 5.91 Å². The van der Waals surface area contributed by atoms with Gasteiger partial charge in [0.05, 0.1) is 6.54 Å². The molecule has 0 unspecified atom stereocenters. The average molecular weight is 391 g/mol. The third kappa shape index (κ3) is 6.33. The molecule has 1 N–H and O–H groups in total. The summed E-state index contributed by atoms with van der Waals surface area (Å²) in [5.41, 5.74) is 2.43. The summed E-state index contributed by atoms with van der Waals surface area (Å²) in [6, 6.07) is 24.2.